The Hall–Kier alpha value is -3.09. The minimum Gasteiger partial charge on any atom is -0.354 e. The van der Waals surface area contributed by atoms with Crippen molar-refractivity contribution in [2.45, 2.75) is 44.4 Å². The van der Waals surface area contributed by atoms with E-state index >= 15 is 0 Å². The van der Waals surface area contributed by atoms with E-state index in [1.165, 1.54) is 36.1 Å². The van der Waals surface area contributed by atoms with E-state index < -0.39 is 56.9 Å². The standard InChI is InChI=1S/C29H30BrClF3N3O4S/c1-19(2)16-35-28(39)20(3)36(17-21-9-11-22(30)12-10-21)27(38)18-37(42(40,41)24-7-5-4-6-8-24)23-13-14-26(31)25(15-23)29(32,33)34/h4-15,19-20H,16-18H2,1-3H3,(H,35,39). The van der Waals surface area contributed by atoms with Gasteiger partial charge in [-0.05, 0) is 60.9 Å². The van der Waals surface area contributed by atoms with Crippen molar-refractivity contribution in [1.29, 1.82) is 0 Å². The second kappa shape index (κ2) is 13.9. The Balaban J connectivity index is 2.08. The average Bonchev–Trinajstić information content (AvgIpc) is 2.94. The average molecular weight is 689 g/mol. The summed E-state index contributed by atoms with van der Waals surface area (Å²) < 4.78 is 70.1. The molecule has 0 spiro atoms. The van der Waals surface area contributed by atoms with Crippen LogP contribution in [-0.4, -0.2) is 44.3 Å². The molecule has 1 unspecified atom stereocenters. The third-order valence-electron chi connectivity index (χ3n) is 6.27. The smallest absolute Gasteiger partial charge is 0.354 e. The second-order valence-electron chi connectivity index (χ2n) is 9.95. The fourth-order valence-corrected chi connectivity index (χ4v) is 5.87. The molecule has 226 valence electrons. The summed E-state index contributed by atoms with van der Waals surface area (Å²) in [4.78, 5) is 27.9. The highest BCUT2D eigenvalue weighted by Gasteiger charge is 2.37. The van der Waals surface area contributed by atoms with Crippen LogP contribution in [0.15, 0.2) is 82.2 Å². The van der Waals surface area contributed by atoms with Gasteiger partial charge in [-0.1, -0.05) is 71.7 Å². The summed E-state index contributed by atoms with van der Waals surface area (Å²) in [5, 5.41) is 2.15. The van der Waals surface area contributed by atoms with Crippen molar-refractivity contribution < 1.29 is 31.2 Å². The van der Waals surface area contributed by atoms with Crippen LogP contribution in [-0.2, 0) is 32.3 Å². The lowest BCUT2D eigenvalue weighted by Crippen LogP contribution is -2.51. The molecule has 3 aromatic rings. The predicted octanol–water partition coefficient (Wildman–Crippen LogP) is 6.51. The van der Waals surface area contributed by atoms with Gasteiger partial charge in [-0.15, -0.1) is 0 Å². The highest BCUT2D eigenvalue weighted by Crippen LogP contribution is 2.38. The zero-order valence-corrected chi connectivity index (χ0v) is 26.2. The molecule has 42 heavy (non-hydrogen) atoms. The summed E-state index contributed by atoms with van der Waals surface area (Å²) in [5.41, 5.74) is -1.02. The lowest BCUT2D eigenvalue weighted by atomic mass is 10.1. The molecule has 0 aliphatic carbocycles. The molecule has 3 rings (SSSR count). The number of hydrogen-bond acceptors (Lipinski definition) is 4. The van der Waals surface area contributed by atoms with Gasteiger partial charge in [0.15, 0.2) is 0 Å². The first-order valence-corrected chi connectivity index (χ1v) is 15.5. The van der Waals surface area contributed by atoms with Crippen LogP contribution >= 0.6 is 27.5 Å². The molecule has 0 bridgehead atoms. The molecule has 0 saturated heterocycles. The lowest BCUT2D eigenvalue weighted by molar-refractivity contribution is -0.139. The number of sulfonamides is 1. The highest BCUT2D eigenvalue weighted by atomic mass is 79.9. The van der Waals surface area contributed by atoms with Gasteiger partial charge in [0.05, 0.1) is 21.2 Å². The van der Waals surface area contributed by atoms with Crippen LogP contribution in [0.2, 0.25) is 5.02 Å². The molecule has 1 atom stereocenters. The molecule has 0 aliphatic heterocycles. The fourth-order valence-electron chi connectivity index (χ4n) is 3.96. The summed E-state index contributed by atoms with van der Waals surface area (Å²) in [6.07, 6.45) is -4.88. The minimum absolute atomic E-state index is 0.0595. The number of nitrogens with zero attached hydrogens (tertiary/aromatic N) is 2. The van der Waals surface area contributed by atoms with E-state index in [2.05, 4.69) is 21.2 Å². The predicted molar refractivity (Wildman–Crippen MR) is 159 cm³/mol. The Morgan fingerprint density at radius 2 is 1.60 bits per heavy atom. The molecule has 2 amide bonds. The fraction of sp³-hybridized carbons (Fsp3) is 0.310. The molecule has 13 heteroatoms. The number of anilines is 1. The second-order valence-corrected chi connectivity index (χ2v) is 13.1. The number of rotatable bonds is 11. The van der Waals surface area contributed by atoms with Gasteiger partial charge >= 0.3 is 6.18 Å². The number of carbonyl (C=O) groups excluding carboxylic acids is 2. The van der Waals surface area contributed by atoms with Gasteiger partial charge in [-0.3, -0.25) is 13.9 Å². The zero-order valence-electron chi connectivity index (χ0n) is 23.0. The van der Waals surface area contributed by atoms with E-state index in [9.17, 15) is 31.2 Å². The third-order valence-corrected chi connectivity index (χ3v) is 8.92. The van der Waals surface area contributed by atoms with Crippen LogP contribution in [0.1, 0.15) is 31.9 Å². The molecule has 7 nitrogen and oxygen atoms in total. The normalized spacial score (nSPS) is 12.6. The summed E-state index contributed by atoms with van der Waals surface area (Å²) >= 11 is 9.14. The number of alkyl halides is 3. The number of hydrogen-bond donors (Lipinski definition) is 1. The van der Waals surface area contributed by atoms with Crippen LogP contribution < -0.4 is 9.62 Å². The van der Waals surface area contributed by atoms with Gasteiger partial charge in [-0.2, -0.15) is 13.2 Å². The van der Waals surface area contributed by atoms with E-state index in [0.717, 1.165) is 16.6 Å². The quantitative estimate of drug-likeness (QED) is 0.249. The lowest BCUT2D eigenvalue weighted by Gasteiger charge is -2.32. The van der Waals surface area contributed by atoms with Crippen LogP contribution in [0.5, 0.6) is 0 Å². The zero-order chi connectivity index (χ0) is 31.2. The summed E-state index contributed by atoms with van der Waals surface area (Å²) in [5.74, 6) is -1.12. The minimum atomic E-state index is -4.88. The highest BCUT2D eigenvalue weighted by molar-refractivity contribution is 9.10. The van der Waals surface area contributed by atoms with Crippen molar-refractivity contribution in [3.05, 3.63) is 93.4 Å². The Morgan fingerprint density at radius 1 is 0.976 bits per heavy atom. The molecule has 0 radical (unpaired) electrons. The maximum absolute atomic E-state index is 13.9. The topological polar surface area (TPSA) is 86.8 Å². The Labute approximate surface area is 256 Å². The largest absolute Gasteiger partial charge is 0.417 e. The first kappa shape index (κ1) is 33.4. The van der Waals surface area contributed by atoms with Crippen LogP contribution in [0.25, 0.3) is 0 Å². The molecule has 0 saturated carbocycles. The van der Waals surface area contributed by atoms with Gasteiger partial charge in [-0.25, -0.2) is 8.42 Å². The Kier molecular flexibility index (Phi) is 11.1. The van der Waals surface area contributed by atoms with Crippen molar-refractivity contribution in [3.63, 3.8) is 0 Å². The molecular weight excluding hydrogens is 659 g/mol. The van der Waals surface area contributed by atoms with E-state index in [4.69, 9.17) is 11.6 Å². The van der Waals surface area contributed by atoms with Gasteiger partial charge in [0.25, 0.3) is 10.0 Å². The van der Waals surface area contributed by atoms with Crippen LogP contribution in [0.4, 0.5) is 18.9 Å². The summed E-state index contributed by atoms with van der Waals surface area (Å²) in [7, 11) is -4.54. The van der Waals surface area contributed by atoms with Crippen molar-refractivity contribution in [3.8, 4) is 0 Å². The molecule has 1 N–H and O–H groups in total. The van der Waals surface area contributed by atoms with Gasteiger partial charge in [0.1, 0.15) is 12.6 Å². The number of nitrogens with one attached hydrogen (secondary N) is 1. The third kappa shape index (κ3) is 8.48. The number of halogens is 5. The van der Waals surface area contributed by atoms with Gasteiger partial charge in [0, 0.05) is 17.6 Å². The first-order valence-electron chi connectivity index (χ1n) is 12.9. The maximum atomic E-state index is 13.9. The van der Waals surface area contributed by atoms with Crippen molar-refractivity contribution in [2.24, 2.45) is 5.92 Å². The van der Waals surface area contributed by atoms with Crippen LogP contribution in [0.3, 0.4) is 0 Å². The summed E-state index contributed by atoms with van der Waals surface area (Å²) in [6, 6.07) is 15.6. The Morgan fingerprint density at radius 3 is 2.17 bits per heavy atom. The SMILES string of the molecule is CC(C)CNC(=O)C(C)N(Cc1ccc(Br)cc1)C(=O)CN(c1ccc(Cl)c(C(F)(F)F)c1)S(=O)(=O)c1ccccc1. The van der Waals surface area contributed by atoms with Crippen molar-refractivity contribution in [2.75, 3.05) is 17.4 Å². The van der Waals surface area contributed by atoms with Gasteiger partial charge < -0.3 is 10.2 Å². The number of benzene rings is 3. The van der Waals surface area contributed by atoms with Crippen molar-refractivity contribution >= 4 is 55.1 Å². The molecule has 0 aromatic heterocycles. The van der Waals surface area contributed by atoms with Crippen LogP contribution in [0, 0.1) is 5.92 Å². The molecular formula is C29H30BrClF3N3O4S. The van der Waals surface area contributed by atoms with E-state index in [1.54, 1.807) is 30.3 Å². The monoisotopic (exact) mass is 687 g/mol. The number of carbonyl (C=O) groups is 2. The van der Waals surface area contributed by atoms with E-state index in [1.807, 2.05) is 13.8 Å². The molecule has 0 fully saturated rings. The maximum Gasteiger partial charge on any atom is 0.417 e. The first-order chi connectivity index (χ1) is 19.6. The molecule has 0 aliphatic rings. The Bertz CT molecular complexity index is 1500. The number of amides is 2. The van der Waals surface area contributed by atoms with E-state index in [0.29, 0.717) is 22.5 Å². The van der Waals surface area contributed by atoms with E-state index in [-0.39, 0.29) is 17.4 Å². The molecule has 3 aromatic carbocycles. The van der Waals surface area contributed by atoms with Crippen molar-refractivity contribution in [1.82, 2.24) is 10.2 Å². The summed E-state index contributed by atoms with van der Waals surface area (Å²) in [6.45, 7) is 4.73. The van der Waals surface area contributed by atoms with Gasteiger partial charge in [0.2, 0.25) is 11.8 Å². The molecule has 0 heterocycles.